The molecule has 0 radical (unpaired) electrons. The number of nitrogens with one attached hydrogen (secondary N) is 2. The van der Waals surface area contributed by atoms with Crippen LogP contribution >= 0.6 is 0 Å². The number of aromatic nitrogens is 1. The van der Waals surface area contributed by atoms with E-state index in [4.69, 9.17) is 10.4 Å². The lowest BCUT2D eigenvalue weighted by molar-refractivity contribution is 0.0690. The third-order valence-corrected chi connectivity index (χ3v) is 3.13. The van der Waals surface area contributed by atoms with Crippen molar-refractivity contribution in [3.05, 3.63) is 52.3 Å². The van der Waals surface area contributed by atoms with E-state index in [0.29, 0.717) is 28.1 Å². The second kappa shape index (κ2) is 5.51. The van der Waals surface area contributed by atoms with Gasteiger partial charge in [-0.1, -0.05) is 6.07 Å². The Morgan fingerprint density at radius 3 is 2.62 bits per heavy atom. The van der Waals surface area contributed by atoms with Gasteiger partial charge in [0.2, 0.25) is 0 Å². The molecule has 21 heavy (non-hydrogen) atoms. The van der Waals surface area contributed by atoms with Crippen molar-refractivity contribution in [2.75, 3.05) is 5.32 Å². The summed E-state index contributed by atoms with van der Waals surface area (Å²) in [6.45, 7) is 3.22. The third kappa shape index (κ3) is 2.77. The minimum Gasteiger partial charge on any atom is -0.477 e. The molecule has 1 heterocycles. The van der Waals surface area contributed by atoms with E-state index in [1.165, 1.54) is 0 Å². The summed E-state index contributed by atoms with van der Waals surface area (Å²) in [5.74, 6) is -1.52. The standard InChI is InChI=1S/C15H13N3O3/c1-8-12(9(2)17-13(8)15(20)21)14(19)18-11-5-3-4-10(6-11)7-16/h3-6,17H,1-2H3,(H,18,19)(H,20,21). The van der Waals surface area contributed by atoms with Crippen LogP contribution in [0.3, 0.4) is 0 Å². The van der Waals surface area contributed by atoms with Crippen LogP contribution in [-0.2, 0) is 0 Å². The van der Waals surface area contributed by atoms with Gasteiger partial charge < -0.3 is 15.4 Å². The zero-order valence-corrected chi connectivity index (χ0v) is 11.5. The molecular formula is C15H13N3O3. The average Bonchev–Trinajstić information content (AvgIpc) is 2.74. The molecule has 0 atom stereocenters. The van der Waals surface area contributed by atoms with Crippen molar-refractivity contribution in [3.8, 4) is 6.07 Å². The molecule has 2 aromatic rings. The van der Waals surface area contributed by atoms with Crippen LogP contribution < -0.4 is 5.32 Å². The molecule has 0 bridgehead atoms. The van der Waals surface area contributed by atoms with Gasteiger partial charge in [0.25, 0.3) is 5.91 Å². The molecule has 0 saturated heterocycles. The zero-order chi connectivity index (χ0) is 15.6. The number of carbonyl (C=O) groups excluding carboxylic acids is 1. The fourth-order valence-corrected chi connectivity index (χ4v) is 2.16. The summed E-state index contributed by atoms with van der Waals surface area (Å²) in [6, 6.07) is 8.49. The van der Waals surface area contributed by atoms with Crippen molar-refractivity contribution in [1.82, 2.24) is 4.98 Å². The molecule has 0 aliphatic heterocycles. The third-order valence-electron chi connectivity index (χ3n) is 3.13. The van der Waals surface area contributed by atoms with Gasteiger partial charge in [-0.2, -0.15) is 5.26 Å². The number of H-pyrrole nitrogens is 1. The molecule has 6 heteroatoms. The van der Waals surface area contributed by atoms with Crippen molar-refractivity contribution >= 4 is 17.6 Å². The lowest BCUT2D eigenvalue weighted by Gasteiger charge is -2.06. The van der Waals surface area contributed by atoms with E-state index in [1.807, 2.05) is 6.07 Å². The Labute approximate surface area is 121 Å². The summed E-state index contributed by atoms with van der Waals surface area (Å²) >= 11 is 0. The van der Waals surface area contributed by atoms with E-state index < -0.39 is 11.9 Å². The van der Waals surface area contributed by atoms with Crippen molar-refractivity contribution in [1.29, 1.82) is 5.26 Å². The molecule has 3 N–H and O–H groups in total. The second-order valence-corrected chi connectivity index (χ2v) is 4.58. The number of benzene rings is 1. The van der Waals surface area contributed by atoms with Crippen molar-refractivity contribution in [2.24, 2.45) is 0 Å². The lowest BCUT2D eigenvalue weighted by atomic mass is 10.1. The van der Waals surface area contributed by atoms with Gasteiger partial charge in [0, 0.05) is 11.4 Å². The zero-order valence-electron chi connectivity index (χ0n) is 11.5. The number of nitriles is 1. The SMILES string of the molecule is Cc1[nH]c(C(=O)O)c(C)c1C(=O)Nc1cccc(C#N)c1. The molecule has 6 nitrogen and oxygen atoms in total. The molecule has 1 amide bonds. The van der Waals surface area contributed by atoms with Gasteiger partial charge in [-0.25, -0.2) is 4.79 Å². The maximum atomic E-state index is 12.3. The van der Waals surface area contributed by atoms with Crippen LogP contribution in [0.2, 0.25) is 0 Å². The van der Waals surface area contributed by atoms with Crippen LogP contribution in [0.5, 0.6) is 0 Å². The topological polar surface area (TPSA) is 106 Å². The summed E-state index contributed by atoms with van der Waals surface area (Å²) in [5.41, 5.74) is 2.09. The van der Waals surface area contributed by atoms with Crippen molar-refractivity contribution in [2.45, 2.75) is 13.8 Å². The van der Waals surface area contributed by atoms with E-state index in [2.05, 4.69) is 10.3 Å². The largest absolute Gasteiger partial charge is 0.477 e. The van der Waals surface area contributed by atoms with Gasteiger partial charge in [-0.05, 0) is 37.6 Å². The monoisotopic (exact) mass is 283 g/mol. The van der Waals surface area contributed by atoms with Crippen LogP contribution in [0, 0.1) is 25.2 Å². The number of aryl methyl sites for hydroxylation is 1. The highest BCUT2D eigenvalue weighted by Gasteiger charge is 2.21. The Morgan fingerprint density at radius 1 is 1.33 bits per heavy atom. The second-order valence-electron chi connectivity index (χ2n) is 4.58. The summed E-state index contributed by atoms with van der Waals surface area (Å²) in [4.78, 5) is 26.0. The van der Waals surface area contributed by atoms with Gasteiger partial charge in [0.1, 0.15) is 5.69 Å². The van der Waals surface area contributed by atoms with E-state index in [9.17, 15) is 9.59 Å². The van der Waals surface area contributed by atoms with Crippen molar-refractivity contribution in [3.63, 3.8) is 0 Å². The number of carbonyl (C=O) groups is 2. The van der Waals surface area contributed by atoms with Crippen LogP contribution in [0.25, 0.3) is 0 Å². The lowest BCUT2D eigenvalue weighted by Crippen LogP contribution is -2.14. The maximum absolute atomic E-state index is 12.3. The summed E-state index contributed by atoms with van der Waals surface area (Å²) in [6.07, 6.45) is 0. The number of anilines is 1. The Bertz CT molecular complexity index is 769. The molecule has 106 valence electrons. The first-order valence-electron chi connectivity index (χ1n) is 6.18. The highest BCUT2D eigenvalue weighted by atomic mass is 16.4. The first-order chi connectivity index (χ1) is 9.93. The number of hydrogen-bond acceptors (Lipinski definition) is 3. The van der Waals surface area contributed by atoms with Gasteiger partial charge >= 0.3 is 5.97 Å². The van der Waals surface area contributed by atoms with E-state index in [-0.39, 0.29) is 5.69 Å². The van der Waals surface area contributed by atoms with Crippen LogP contribution in [-0.4, -0.2) is 22.0 Å². The fraction of sp³-hybridized carbons (Fsp3) is 0.133. The maximum Gasteiger partial charge on any atom is 0.352 e. The number of carboxylic acids is 1. The average molecular weight is 283 g/mol. The van der Waals surface area contributed by atoms with E-state index in [0.717, 1.165) is 0 Å². The van der Waals surface area contributed by atoms with E-state index in [1.54, 1.807) is 38.1 Å². The Hall–Kier alpha value is -3.07. The molecule has 0 aliphatic rings. The Kier molecular flexibility index (Phi) is 3.76. The Balaban J connectivity index is 2.33. The number of amides is 1. The molecule has 0 fully saturated rings. The number of rotatable bonds is 3. The number of aromatic amines is 1. The highest BCUT2D eigenvalue weighted by Crippen LogP contribution is 2.20. The molecule has 0 saturated carbocycles. The van der Waals surface area contributed by atoms with Crippen LogP contribution in [0.1, 0.15) is 37.7 Å². The van der Waals surface area contributed by atoms with Gasteiger partial charge in [-0.3, -0.25) is 4.79 Å². The molecule has 1 aromatic carbocycles. The number of aromatic carboxylic acids is 1. The van der Waals surface area contributed by atoms with E-state index >= 15 is 0 Å². The summed E-state index contributed by atoms with van der Waals surface area (Å²) in [5, 5.41) is 20.5. The van der Waals surface area contributed by atoms with Gasteiger partial charge in [0.05, 0.1) is 17.2 Å². The smallest absolute Gasteiger partial charge is 0.352 e. The molecule has 2 rings (SSSR count). The molecule has 1 aromatic heterocycles. The minimum atomic E-state index is -1.11. The van der Waals surface area contributed by atoms with Gasteiger partial charge in [0.15, 0.2) is 0 Å². The first-order valence-corrected chi connectivity index (χ1v) is 6.18. The van der Waals surface area contributed by atoms with Crippen LogP contribution in [0.4, 0.5) is 5.69 Å². The number of hydrogen-bond donors (Lipinski definition) is 3. The normalized spacial score (nSPS) is 9.95. The number of carboxylic acid groups (broad SMARTS) is 1. The minimum absolute atomic E-state index is 0.00317. The quantitative estimate of drug-likeness (QED) is 0.804. The Morgan fingerprint density at radius 2 is 2.05 bits per heavy atom. The molecule has 0 aliphatic carbocycles. The summed E-state index contributed by atoms with van der Waals surface area (Å²) in [7, 11) is 0. The summed E-state index contributed by atoms with van der Waals surface area (Å²) < 4.78 is 0. The number of nitrogens with zero attached hydrogens (tertiary/aromatic N) is 1. The van der Waals surface area contributed by atoms with Crippen LogP contribution in [0.15, 0.2) is 24.3 Å². The highest BCUT2D eigenvalue weighted by molar-refractivity contribution is 6.08. The van der Waals surface area contributed by atoms with Gasteiger partial charge in [-0.15, -0.1) is 0 Å². The molecular weight excluding hydrogens is 270 g/mol. The van der Waals surface area contributed by atoms with Crippen molar-refractivity contribution < 1.29 is 14.7 Å². The molecule has 0 spiro atoms. The predicted octanol–water partition coefficient (Wildman–Crippen LogP) is 2.45. The fourth-order valence-electron chi connectivity index (χ4n) is 2.16. The predicted molar refractivity (Wildman–Crippen MR) is 76.3 cm³/mol. The molecule has 0 unspecified atom stereocenters. The first kappa shape index (κ1) is 14.3.